The number of aliphatic imine (C=N–C) groups is 1. The lowest BCUT2D eigenvalue weighted by Crippen LogP contribution is -2.30. The predicted molar refractivity (Wildman–Crippen MR) is 145 cm³/mol. The Morgan fingerprint density at radius 1 is 1.05 bits per heavy atom. The highest BCUT2D eigenvalue weighted by atomic mass is 32.4. The van der Waals surface area contributed by atoms with E-state index >= 15 is 0 Å². The number of non-ortho nitro benzene ring substituents is 2. The van der Waals surface area contributed by atoms with Crippen LogP contribution >= 0.6 is 6.42 Å². The molecule has 2 aliphatic rings. The summed E-state index contributed by atoms with van der Waals surface area (Å²) in [5.74, 6) is 0.147. The molecule has 15 heteroatoms. The van der Waals surface area contributed by atoms with E-state index in [0.717, 1.165) is 31.2 Å². The number of aryl methyl sites for hydroxylation is 1. The van der Waals surface area contributed by atoms with Gasteiger partial charge in [0.25, 0.3) is 11.4 Å². The molecule has 3 heterocycles. The Labute approximate surface area is 227 Å². The summed E-state index contributed by atoms with van der Waals surface area (Å²) in [6.07, 6.45) is -0.791. The van der Waals surface area contributed by atoms with Crippen LogP contribution in [0.1, 0.15) is 34.5 Å². The van der Waals surface area contributed by atoms with E-state index in [0.29, 0.717) is 17.1 Å². The van der Waals surface area contributed by atoms with Crippen LogP contribution < -0.4 is 5.30 Å². The van der Waals surface area contributed by atoms with Gasteiger partial charge in [0.2, 0.25) is 12.3 Å². The molecule has 0 N–H and O–H groups in total. The van der Waals surface area contributed by atoms with Gasteiger partial charge in [0, 0.05) is 42.9 Å². The van der Waals surface area contributed by atoms with Crippen molar-refractivity contribution in [3.8, 4) is 0 Å². The molecular weight excluding hydrogens is 547 g/mol. The van der Waals surface area contributed by atoms with Gasteiger partial charge < -0.3 is 9.26 Å². The SMILES string of the molecule is Cc1nn(CCOC(=O)c2ccc([N+](=O)[O-])cc2)c2c1[P@@](=S)(N1CCCC1)OC(c1ccc([N+](=O)[O-])cc1)=N2. The molecular formula is C24H23N6O7PS. The minimum atomic E-state index is -2.78. The zero-order valence-corrected chi connectivity index (χ0v) is 22.5. The number of aromatic nitrogens is 2. The van der Waals surface area contributed by atoms with Gasteiger partial charge in [0.05, 0.1) is 27.6 Å². The van der Waals surface area contributed by atoms with Crippen LogP contribution in [0.5, 0.6) is 0 Å². The van der Waals surface area contributed by atoms with E-state index in [2.05, 4.69) is 9.77 Å². The number of esters is 1. The number of nitro benzene ring substituents is 2. The Balaban J connectivity index is 1.42. The smallest absolute Gasteiger partial charge is 0.338 e. The van der Waals surface area contributed by atoms with Crippen LogP contribution in [0.2, 0.25) is 0 Å². The molecule has 0 amide bonds. The highest BCUT2D eigenvalue weighted by Crippen LogP contribution is 2.57. The Bertz CT molecular complexity index is 1530. The molecule has 0 unspecified atom stereocenters. The number of rotatable bonds is 8. The molecule has 0 saturated carbocycles. The van der Waals surface area contributed by atoms with Crippen LogP contribution in [-0.4, -0.2) is 55.9 Å². The van der Waals surface area contributed by atoms with Crippen molar-refractivity contribution in [2.75, 3.05) is 19.7 Å². The first kappa shape index (κ1) is 26.6. The number of nitro groups is 2. The summed E-state index contributed by atoms with van der Waals surface area (Å²) < 4.78 is 15.6. The van der Waals surface area contributed by atoms with E-state index in [1.807, 2.05) is 6.92 Å². The number of benzene rings is 2. The number of carbonyl (C=O) groups excluding carboxylic acids is 1. The fraction of sp³-hybridized carbons (Fsp3) is 0.292. The largest absolute Gasteiger partial charge is 0.460 e. The van der Waals surface area contributed by atoms with Gasteiger partial charge >= 0.3 is 5.97 Å². The lowest BCUT2D eigenvalue weighted by atomic mass is 10.2. The van der Waals surface area contributed by atoms with Crippen LogP contribution in [-0.2, 0) is 27.6 Å². The van der Waals surface area contributed by atoms with Gasteiger partial charge in [-0.2, -0.15) is 10.1 Å². The van der Waals surface area contributed by atoms with Crippen LogP contribution in [0.25, 0.3) is 0 Å². The van der Waals surface area contributed by atoms with Crippen LogP contribution in [0, 0.1) is 27.2 Å². The number of fused-ring (bicyclic) bond motifs is 1. The Hall–Kier alpha value is -4.00. The maximum atomic E-state index is 12.5. The maximum Gasteiger partial charge on any atom is 0.338 e. The topological polar surface area (TPSA) is 155 Å². The molecule has 3 aromatic rings. The van der Waals surface area contributed by atoms with Gasteiger partial charge in [-0.1, -0.05) is 0 Å². The summed E-state index contributed by atoms with van der Waals surface area (Å²) in [6, 6.07) is 11.1. The normalized spacial score (nSPS) is 18.6. The van der Waals surface area contributed by atoms with E-state index in [1.165, 1.54) is 36.4 Å². The zero-order chi connectivity index (χ0) is 27.7. The quantitative estimate of drug-likeness (QED) is 0.168. The zero-order valence-electron chi connectivity index (χ0n) is 20.8. The van der Waals surface area contributed by atoms with Crippen molar-refractivity contribution in [3.63, 3.8) is 0 Å². The van der Waals surface area contributed by atoms with E-state index in [1.54, 1.807) is 16.8 Å². The van der Waals surface area contributed by atoms with Gasteiger partial charge in [-0.05, 0) is 55.8 Å². The van der Waals surface area contributed by atoms with Crippen molar-refractivity contribution in [1.82, 2.24) is 14.5 Å². The van der Waals surface area contributed by atoms with E-state index < -0.39 is 22.2 Å². The highest BCUT2D eigenvalue weighted by molar-refractivity contribution is 8.15. The number of nitrogens with zero attached hydrogens (tertiary/aromatic N) is 6. The highest BCUT2D eigenvalue weighted by Gasteiger charge is 2.42. The summed E-state index contributed by atoms with van der Waals surface area (Å²) >= 11 is 6.20. The summed E-state index contributed by atoms with van der Waals surface area (Å²) in [5, 5.41) is 27.3. The molecule has 13 nitrogen and oxygen atoms in total. The lowest BCUT2D eigenvalue weighted by molar-refractivity contribution is -0.385. The second kappa shape index (κ2) is 10.6. The van der Waals surface area contributed by atoms with Crippen molar-refractivity contribution in [2.45, 2.75) is 26.3 Å². The molecule has 0 bridgehead atoms. The van der Waals surface area contributed by atoms with Crippen molar-refractivity contribution in [3.05, 3.63) is 85.6 Å². The Morgan fingerprint density at radius 2 is 1.64 bits per heavy atom. The van der Waals surface area contributed by atoms with Gasteiger partial charge in [-0.3, -0.25) is 20.2 Å². The van der Waals surface area contributed by atoms with Crippen molar-refractivity contribution in [1.29, 1.82) is 0 Å². The summed E-state index contributed by atoms with van der Waals surface area (Å²) in [4.78, 5) is 38.1. The third-order valence-corrected chi connectivity index (χ3v) is 10.5. The molecule has 1 saturated heterocycles. The standard InChI is InChI=1S/C24H23N6O7PS/c1-16-21-22(28(26-16)14-15-36-24(31)18-6-10-20(11-7-18)30(34)35)25-23(17-4-8-19(9-5-17)29(32)33)37-38(21,39)27-12-2-3-13-27/h4-11H,2-3,12-15H2,1H3/t38-/m1/s1. The molecule has 0 spiro atoms. The number of carbonyl (C=O) groups is 1. The second-order valence-corrected chi connectivity index (χ2v) is 12.6. The lowest BCUT2D eigenvalue weighted by Gasteiger charge is -2.34. The minimum Gasteiger partial charge on any atom is -0.460 e. The predicted octanol–water partition coefficient (Wildman–Crippen LogP) is 4.00. The van der Waals surface area contributed by atoms with Crippen molar-refractivity contribution in [2.24, 2.45) is 4.99 Å². The van der Waals surface area contributed by atoms with Crippen molar-refractivity contribution < 1.29 is 23.9 Å². The van der Waals surface area contributed by atoms with Crippen LogP contribution in [0.3, 0.4) is 0 Å². The molecule has 1 aromatic heterocycles. The second-order valence-electron chi connectivity index (χ2n) is 8.91. The monoisotopic (exact) mass is 570 g/mol. The van der Waals surface area contributed by atoms with Crippen molar-refractivity contribution >= 4 is 52.6 Å². The van der Waals surface area contributed by atoms with E-state index in [9.17, 15) is 25.0 Å². The fourth-order valence-corrected chi connectivity index (χ4v) is 8.36. The third-order valence-electron chi connectivity index (χ3n) is 6.40. The number of ether oxygens (including phenoxy) is 1. The molecule has 5 rings (SSSR count). The molecule has 2 aromatic carbocycles. The van der Waals surface area contributed by atoms with E-state index in [-0.39, 0.29) is 36.0 Å². The first-order chi connectivity index (χ1) is 18.7. The average molecular weight is 571 g/mol. The summed E-state index contributed by atoms with van der Waals surface area (Å²) in [5.41, 5.74) is 1.24. The fourth-order valence-electron chi connectivity index (χ4n) is 4.47. The summed E-state index contributed by atoms with van der Waals surface area (Å²) in [6.45, 7) is 3.55. The molecule has 1 fully saturated rings. The first-order valence-electron chi connectivity index (χ1n) is 12.1. The molecule has 39 heavy (non-hydrogen) atoms. The molecule has 1 atom stereocenters. The first-order valence-corrected chi connectivity index (χ1v) is 14.7. The summed E-state index contributed by atoms with van der Waals surface area (Å²) in [7, 11) is 0. The maximum absolute atomic E-state index is 12.5. The van der Waals surface area contributed by atoms with E-state index in [4.69, 9.17) is 26.1 Å². The number of hydrogen-bond donors (Lipinski definition) is 0. The van der Waals surface area contributed by atoms with Gasteiger partial charge in [0.1, 0.15) is 11.9 Å². The molecule has 2 aliphatic heterocycles. The molecule has 0 aliphatic carbocycles. The third kappa shape index (κ3) is 5.18. The van der Waals surface area contributed by atoms with Crippen LogP contribution in [0.4, 0.5) is 17.2 Å². The molecule has 202 valence electrons. The minimum absolute atomic E-state index is 0.0286. The number of hydrogen-bond acceptors (Lipinski definition) is 10. The Kier molecular flexibility index (Phi) is 7.25. The van der Waals surface area contributed by atoms with Gasteiger partial charge in [-0.25, -0.2) is 14.1 Å². The average Bonchev–Trinajstić information content (AvgIpc) is 3.58. The van der Waals surface area contributed by atoms with Gasteiger partial charge in [-0.15, -0.1) is 0 Å². The Morgan fingerprint density at radius 3 is 2.23 bits per heavy atom. The van der Waals surface area contributed by atoms with Crippen LogP contribution in [0.15, 0.2) is 53.5 Å². The van der Waals surface area contributed by atoms with Gasteiger partial charge in [0.15, 0.2) is 5.82 Å². The molecule has 0 radical (unpaired) electrons.